The molecule has 0 aliphatic carbocycles. The number of para-hydroxylation sites is 1. The summed E-state index contributed by atoms with van der Waals surface area (Å²) in [4.78, 5) is 11.9. The van der Waals surface area contributed by atoms with E-state index in [4.69, 9.17) is 9.47 Å². The van der Waals surface area contributed by atoms with Crippen molar-refractivity contribution in [3.8, 4) is 11.5 Å². The van der Waals surface area contributed by atoms with Gasteiger partial charge in [-0.3, -0.25) is 10.1 Å². The molecule has 1 amide bonds. The molecule has 2 N–H and O–H groups in total. The summed E-state index contributed by atoms with van der Waals surface area (Å²) in [6.07, 6.45) is 0. The van der Waals surface area contributed by atoms with Crippen LogP contribution in [0.1, 0.15) is 5.56 Å². The average Bonchev–Trinajstić information content (AvgIpc) is 2.98. The van der Waals surface area contributed by atoms with Crippen LogP contribution in [0.25, 0.3) is 0 Å². The SMILES string of the molecule is COc1cccc(CNC(=O)C2CSCN2)c1OC.Cl. The number of carbonyl (C=O) groups is 1. The predicted octanol–water partition coefficient (Wildman–Crippen LogP) is 1.40. The highest BCUT2D eigenvalue weighted by molar-refractivity contribution is 7.99. The summed E-state index contributed by atoms with van der Waals surface area (Å²) in [5.74, 6) is 3.01. The third-order valence-electron chi connectivity index (χ3n) is 2.97. The largest absolute Gasteiger partial charge is 0.493 e. The Morgan fingerprint density at radius 1 is 1.45 bits per heavy atom. The van der Waals surface area contributed by atoms with Crippen molar-refractivity contribution in [1.82, 2.24) is 10.6 Å². The van der Waals surface area contributed by atoms with Crippen LogP contribution in [-0.2, 0) is 11.3 Å². The molecule has 1 saturated heterocycles. The third-order valence-corrected chi connectivity index (χ3v) is 3.91. The Balaban J connectivity index is 0.00000200. The quantitative estimate of drug-likeness (QED) is 0.859. The van der Waals surface area contributed by atoms with E-state index in [0.29, 0.717) is 18.0 Å². The van der Waals surface area contributed by atoms with Crippen LogP contribution in [0.3, 0.4) is 0 Å². The number of thioether (sulfide) groups is 1. The summed E-state index contributed by atoms with van der Waals surface area (Å²) in [6, 6.07) is 5.53. The van der Waals surface area contributed by atoms with E-state index in [9.17, 15) is 4.79 Å². The van der Waals surface area contributed by atoms with Crippen LogP contribution in [0, 0.1) is 0 Å². The standard InChI is InChI=1S/C13H18N2O3S.ClH/c1-17-11-5-3-4-9(12(11)18-2)6-14-13(16)10-7-19-8-15-10;/h3-5,10,15H,6-8H2,1-2H3,(H,14,16);1H. The van der Waals surface area contributed by atoms with Gasteiger partial charge in [-0.15, -0.1) is 24.2 Å². The zero-order valence-electron chi connectivity index (χ0n) is 11.5. The maximum absolute atomic E-state index is 11.9. The number of halogens is 1. The molecule has 0 aromatic heterocycles. The molecule has 20 heavy (non-hydrogen) atoms. The molecule has 1 unspecified atom stereocenters. The number of methoxy groups -OCH3 is 2. The zero-order chi connectivity index (χ0) is 13.7. The van der Waals surface area contributed by atoms with Gasteiger partial charge >= 0.3 is 0 Å². The van der Waals surface area contributed by atoms with Crippen molar-refractivity contribution in [2.75, 3.05) is 25.8 Å². The van der Waals surface area contributed by atoms with Gasteiger partial charge in [0.15, 0.2) is 11.5 Å². The number of rotatable bonds is 5. The Bertz CT molecular complexity index is 453. The Kier molecular flexibility index (Phi) is 6.98. The van der Waals surface area contributed by atoms with Crippen molar-refractivity contribution in [3.63, 3.8) is 0 Å². The summed E-state index contributed by atoms with van der Waals surface area (Å²) >= 11 is 1.73. The smallest absolute Gasteiger partial charge is 0.238 e. The molecule has 1 aromatic rings. The fourth-order valence-corrected chi connectivity index (χ4v) is 2.90. The molecule has 1 atom stereocenters. The second kappa shape index (κ2) is 8.24. The van der Waals surface area contributed by atoms with Crippen molar-refractivity contribution < 1.29 is 14.3 Å². The van der Waals surface area contributed by atoms with Crippen LogP contribution in [0.4, 0.5) is 0 Å². The van der Waals surface area contributed by atoms with Crippen molar-refractivity contribution in [2.24, 2.45) is 0 Å². The molecule has 1 aliphatic heterocycles. The maximum Gasteiger partial charge on any atom is 0.238 e. The molecule has 2 rings (SSSR count). The van der Waals surface area contributed by atoms with Gasteiger partial charge < -0.3 is 14.8 Å². The number of benzene rings is 1. The van der Waals surface area contributed by atoms with E-state index in [1.165, 1.54) is 0 Å². The lowest BCUT2D eigenvalue weighted by Gasteiger charge is -2.14. The summed E-state index contributed by atoms with van der Waals surface area (Å²) < 4.78 is 10.6. The Hall–Kier alpha value is -1.11. The van der Waals surface area contributed by atoms with Gasteiger partial charge in [0.05, 0.1) is 20.3 Å². The molecular weight excluding hydrogens is 300 g/mol. The average molecular weight is 319 g/mol. The van der Waals surface area contributed by atoms with Gasteiger partial charge in [-0.2, -0.15) is 0 Å². The monoisotopic (exact) mass is 318 g/mol. The molecule has 1 aromatic carbocycles. The van der Waals surface area contributed by atoms with Gasteiger partial charge in [0.1, 0.15) is 0 Å². The first-order chi connectivity index (χ1) is 9.26. The number of amides is 1. The second-order valence-electron chi connectivity index (χ2n) is 4.14. The summed E-state index contributed by atoms with van der Waals surface area (Å²) in [5.41, 5.74) is 0.904. The van der Waals surface area contributed by atoms with Gasteiger partial charge in [-0.05, 0) is 6.07 Å². The van der Waals surface area contributed by atoms with Gasteiger partial charge in [-0.1, -0.05) is 12.1 Å². The highest BCUT2D eigenvalue weighted by Gasteiger charge is 2.22. The first kappa shape index (κ1) is 16.9. The van der Waals surface area contributed by atoms with Gasteiger partial charge in [0.2, 0.25) is 5.91 Å². The van der Waals surface area contributed by atoms with Crippen LogP contribution in [0.5, 0.6) is 11.5 Å². The van der Waals surface area contributed by atoms with Crippen LogP contribution in [0.15, 0.2) is 18.2 Å². The number of carbonyl (C=O) groups excluding carboxylic acids is 1. The molecule has 1 aliphatic rings. The van der Waals surface area contributed by atoms with Crippen LogP contribution in [0.2, 0.25) is 0 Å². The fraction of sp³-hybridized carbons (Fsp3) is 0.462. The van der Waals surface area contributed by atoms with Crippen molar-refractivity contribution >= 4 is 30.1 Å². The topological polar surface area (TPSA) is 59.6 Å². The molecule has 0 spiro atoms. The van der Waals surface area contributed by atoms with Crippen LogP contribution >= 0.6 is 24.2 Å². The molecule has 5 nitrogen and oxygen atoms in total. The van der Waals surface area contributed by atoms with E-state index in [0.717, 1.165) is 17.2 Å². The zero-order valence-corrected chi connectivity index (χ0v) is 13.1. The summed E-state index contributed by atoms with van der Waals surface area (Å²) in [7, 11) is 3.19. The lowest BCUT2D eigenvalue weighted by molar-refractivity contribution is -0.122. The Morgan fingerprint density at radius 2 is 2.25 bits per heavy atom. The van der Waals surface area contributed by atoms with Crippen molar-refractivity contribution in [2.45, 2.75) is 12.6 Å². The first-order valence-corrected chi connectivity index (χ1v) is 7.20. The van der Waals surface area contributed by atoms with E-state index in [-0.39, 0.29) is 24.4 Å². The summed E-state index contributed by atoms with van der Waals surface area (Å²) in [5, 5.41) is 6.06. The normalized spacial score (nSPS) is 17.2. The minimum Gasteiger partial charge on any atom is -0.493 e. The molecule has 0 bridgehead atoms. The third kappa shape index (κ3) is 3.94. The molecule has 1 heterocycles. The van der Waals surface area contributed by atoms with Crippen LogP contribution in [-0.4, -0.2) is 37.8 Å². The lowest BCUT2D eigenvalue weighted by atomic mass is 10.1. The molecule has 0 radical (unpaired) electrons. The minimum atomic E-state index is -0.0957. The predicted molar refractivity (Wildman–Crippen MR) is 82.9 cm³/mol. The maximum atomic E-state index is 11.9. The highest BCUT2D eigenvalue weighted by atomic mass is 35.5. The van der Waals surface area contributed by atoms with Gasteiger partial charge in [0, 0.05) is 23.7 Å². The molecule has 1 fully saturated rings. The Labute approximate surface area is 129 Å². The van der Waals surface area contributed by atoms with E-state index >= 15 is 0 Å². The lowest BCUT2D eigenvalue weighted by Crippen LogP contribution is -2.41. The Morgan fingerprint density at radius 3 is 2.85 bits per heavy atom. The number of ether oxygens (including phenoxy) is 2. The van der Waals surface area contributed by atoms with E-state index in [1.807, 2.05) is 18.2 Å². The number of hydrogen-bond donors (Lipinski definition) is 2. The van der Waals surface area contributed by atoms with Crippen LogP contribution < -0.4 is 20.1 Å². The molecule has 7 heteroatoms. The van der Waals surface area contributed by atoms with Crippen molar-refractivity contribution in [3.05, 3.63) is 23.8 Å². The fourth-order valence-electron chi connectivity index (χ4n) is 1.96. The van der Waals surface area contributed by atoms with E-state index in [2.05, 4.69) is 10.6 Å². The minimum absolute atomic E-state index is 0. The molecule has 112 valence electrons. The second-order valence-corrected chi connectivity index (χ2v) is 5.17. The number of hydrogen-bond acceptors (Lipinski definition) is 5. The highest BCUT2D eigenvalue weighted by Crippen LogP contribution is 2.30. The molecule has 0 saturated carbocycles. The van der Waals surface area contributed by atoms with E-state index < -0.39 is 0 Å². The molecular formula is C13H19ClN2O3S. The number of nitrogens with one attached hydrogen (secondary N) is 2. The van der Waals surface area contributed by atoms with Gasteiger partial charge in [-0.25, -0.2) is 0 Å². The summed E-state index contributed by atoms with van der Waals surface area (Å²) in [6.45, 7) is 0.433. The van der Waals surface area contributed by atoms with Gasteiger partial charge in [0.25, 0.3) is 0 Å². The van der Waals surface area contributed by atoms with E-state index in [1.54, 1.807) is 26.0 Å². The first-order valence-electron chi connectivity index (χ1n) is 6.05. The van der Waals surface area contributed by atoms with Crippen molar-refractivity contribution in [1.29, 1.82) is 0 Å².